The molecule has 4 rings (SSSR count). The lowest BCUT2D eigenvalue weighted by Crippen LogP contribution is -2.35. The molecule has 0 aliphatic carbocycles. The molecule has 7 nitrogen and oxygen atoms in total. The molecule has 1 aromatic heterocycles. The van der Waals surface area contributed by atoms with Crippen LogP contribution in [0, 0.1) is 13.8 Å². The fourth-order valence-electron chi connectivity index (χ4n) is 4.04. The molecule has 7 heteroatoms. The summed E-state index contributed by atoms with van der Waals surface area (Å²) in [6.07, 6.45) is 0.453. The molecule has 2 N–H and O–H groups in total. The summed E-state index contributed by atoms with van der Waals surface area (Å²) in [5.74, 6) is -0.0742. The number of carbonyl (C=O) groups excluding carboxylic acids is 1. The van der Waals surface area contributed by atoms with E-state index in [0.717, 1.165) is 49.5 Å². The minimum absolute atomic E-state index is 0.0862. The molecular formula is C25H28N2O5. The molecule has 1 aliphatic rings. The number of nitrogens with one attached hydrogen (secondary N) is 1. The Hall–Kier alpha value is -3.16. The number of morpholine rings is 1. The second-order valence-electron chi connectivity index (χ2n) is 8.21. The van der Waals surface area contributed by atoms with Crippen LogP contribution in [0.15, 0.2) is 45.6 Å². The van der Waals surface area contributed by atoms with Gasteiger partial charge in [-0.25, -0.2) is 4.79 Å². The molecule has 0 atom stereocenters. The highest BCUT2D eigenvalue weighted by molar-refractivity contribution is 5.91. The maximum atomic E-state index is 12.5. The molecular weight excluding hydrogens is 408 g/mol. The predicted molar refractivity (Wildman–Crippen MR) is 123 cm³/mol. The Morgan fingerprint density at radius 2 is 1.78 bits per heavy atom. The van der Waals surface area contributed by atoms with Gasteiger partial charge in [-0.1, -0.05) is 12.1 Å². The van der Waals surface area contributed by atoms with Crippen molar-refractivity contribution in [2.75, 3.05) is 31.6 Å². The molecule has 3 aromatic rings. The van der Waals surface area contributed by atoms with Crippen LogP contribution in [0.3, 0.4) is 0 Å². The van der Waals surface area contributed by atoms with Gasteiger partial charge in [0.25, 0.3) is 0 Å². The van der Waals surface area contributed by atoms with Gasteiger partial charge in [-0.2, -0.15) is 0 Å². The van der Waals surface area contributed by atoms with E-state index < -0.39 is 5.63 Å². The normalized spacial score (nSPS) is 14.6. The van der Waals surface area contributed by atoms with Crippen molar-refractivity contribution in [1.29, 1.82) is 0 Å². The summed E-state index contributed by atoms with van der Waals surface area (Å²) >= 11 is 0. The van der Waals surface area contributed by atoms with Gasteiger partial charge in [-0.05, 0) is 55.7 Å². The number of aromatic hydroxyl groups is 1. The number of hydrogen-bond acceptors (Lipinski definition) is 6. The zero-order chi connectivity index (χ0) is 22.7. The van der Waals surface area contributed by atoms with Crippen molar-refractivity contribution < 1.29 is 19.1 Å². The van der Waals surface area contributed by atoms with Crippen molar-refractivity contribution >= 4 is 22.6 Å². The maximum absolute atomic E-state index is 12.5. The predicted octanol–water partition coefficient (Wildman–Crippen LogP) is 3.52. The van der Waals surface area contributed by atoms with Crippen LogP contribution in [0.4, 0.5) is 5.69 Å². The lowest BCUT2D eigenvalue weighted by atomic mass is 10.0. The fourth-order valence-corrected chi connectivity index (χ4v) is 4.04. The molecule has 2 heterocycles. The highest BCUT2D eigenvalue weighted by atomic mass is 16.5. The van der Waals surface area contributed by atoms with Crippen molar-refractivity contribution in [3.8, 4) is 5.75 Å². The van der Waals surface area contributed by atoms with Crippen molar-refractivity contribution in [3.05, 3.63) is 69.1 Å². The number of aryl methyl sites for hydroxylation is 2. The van der Waals surface area contributed by atoms with E-state index in [1.165, 1.54) is 5.56 Å². The molecule has 0 unspecified atom stereocenters. The standard InChI is InChI=1S/C25H28N2O5/c1-16-20-7-9-22(28)17(2)24(20)32-25(30)21(16)8-10-23(29)26-19-5-3-18(4-6-19)15-27-11-13-31-14-12-27/h3-7,9,28H,8,10-15H2,1-2H3,(H,26,29). The number of hydrogen-bond donors (Lipinski definition) is 2. The van der Waals surface area contributed by atoms with Crippen LogP contribution < -0.4 is 10.9 Å². The minimum Gasteiger partial charge on any atom is -0.508 e. The lowest BCUT2D eigenvalue weighted by molar-refractivity contribution is -0.116. The van der Waals surface area contributed by atoms with Gasteiger partial charge in [0, 0.05) is 48.3 Å². The quantitative estimate of drug-likeness (QED) is 0.575. The van der Waals surface area contributed by atoms with Crippen molar-refractivity contribution in [2.24, 2.45) is 0 Å². The number of carbonyl (C=O) groups is 1. The largest absolute Gasteiger partial charge is 0.508 e. The van der Waals surface area contributed by atoms with Crippen LogP contribution in [-0.2, 0) is 22.5 Å². The lowest BCUT2D eigenvalue weighted by Gasteiger charge is -2.26. The van der Waals surface area contributed by atoms with Gasteiger partial charge in [-0.15, -0.1) is 0 Å². The van der Waals surface area contributed by atoms with Crippen LogP contribution in [0.25, 0.3) is 11.0 Å². The molecule has 0 saturated carbocycles. The molecule has 2 aromatic carbocycles. The third-order valence-electron chi connectivity index (χ3n) is 6.02. The smallest absolute Gasteiger partial charge is 0.339 e. The Bertz CT molecular complexity index is 1180. The van der Waals surface area contributed by atoms with Gasteiger partial charge >= 0.3 is 5.63 Å². The molecule has 1 fully saturated rings. The first-order chi connectivity index (χ1) is 15.4. The summed E-state index contributed by atoms with van der Waals surface area (Å²) in [6.45, 7) is 7.82. The third kappa shape index (κ3) is 4.84. The first-order valence-electron chi connectivity index (χ1n) is 10.9. The van der Waals surface area contributed by atoms with Gasteiger partial charge in [0.2, 0.25) is 5.91 Å². The number of rotatable bonds is 6. The Balaban J connectivity index is 1.38. The van der Waals surface area contributed by atoms with E-state index in [-0.39, 0.29) is 24.5 Å². The topological polar surface area (TPSA) is 92.0 Å². The molecule has 168 valence electrons. The Morgan fingerprint density at radius 3 is 2.50 bits per heavy atom. The molecule has 0 bridgehead atoms. The van der Waals surface area contributed by atoms with Crippen LogP contribution in [-0.4, -0.2) is 42.2 Å². The summed E-state index contributed by atoms with van der Waals surface area (Å²) in [7, 11) is 0. The van der Waals surface area contributed by atoms with Crippen LogP contribution >= 0.6 is 0 Å². The number of phenolic OH excluding ortho intramolecular Hbond substituents is 1. The highest BCUT2D eigenvalue weighted by Gasteiger charge is 2.16. The number of nitrogens with zero attached hydrogens (tertiary/aromatic N) is 1. The van der Waals surface area contributed by atoms with Crippen molar-refractivity contribution in [3.63, 3.8) is 0 Å². The number of amides is 1. The fraction of sp³-hybridized carbons (Fsp3) is 0.360. The van der Waals surface area contributed by atoms with Crippen molar-refractivity contribution in [1.82, 2.24) is 4.90 Å². The van der Waals surface area contributed by atoms with Crippen LogP contribution in [0.1, 0.15) is 28.7 Å². The molecule has 32 heavy (non-hydrogen) atoms. The van der Waals surface area contributed by atoms with E-state index in [0.29, 0.717) is 16.7 Å². The average Bonchev–Trinajstić information content (AvgIpc) is 2.78. The first kappa shape index (κ1) is 22.0. The Labute approximate surface area is 186 Å². The monoisotopic (exact) mass is 436 g/mol. The van der Waals surface area contributed by atoms with E-state index >= 15 is 0 Å². The Morgan fingerprint density at radius 1 is 1.06 bits per heavy atom. The molecule has 1 amide bonds. The van der Waals surface area contributed by atoms with E-state index in [1.54, 1.807) is 19.1 Å². The van der Waals surface area contributed by atoms with Gasteiger partial charge in [0.05, 0.1) is 13.2 Å². The number of ether oxygens (including phenoxy) is 1. The second-order valence-corrected chi connectivity index (χ2v) is 8.21. The van der Waals surface area contributed by atoms with Gasteiger partial charge in [-0.3, -0.25) is 9.69 Å². The van der Waals surface area contributed by atoms with E-state index in [4.69, 9.17) is 9.15 Å². The van der Waals surface area contributed by atoms with Crippen molar-refractivity contribution in [2.45, 2.75) is 33.2 Å². The first-order valence-corrected chi connectivity index (χ1v) is 10.9. The SMILES string of the molecule is Cc1c(CCC(=O)Nc2ccc(CN3CCOCC3)cc2)c(=O)oc2c(C)c(O)ccc12. The van der Waals surface area contributed by atoms with Gasteiger partial charge < -0.3 is 19.6 Å². The zero-order valence-corrected chi connectivity index (χ0v) is 18.4. The summed E-state index contributed by atoms with van der Waals surface area (Å²) < 4.78 is 10.8. The van der Waals surface area contributed by atoms with Crippen LogP contribution in [0.5, 0.6) is 5.75 Å². The third-order valence-corrected chi connectivity index (χ3v) is 6.02. The van der Waals surface area contributed by atoms with E-state index in [1.807, 2.05) is 31.2 Å². The minimum atomic E-state index is -0.469. The number of fused-ring (bicyclic) bond motifs is 1. The number of phenols is 1. The average molecular weight is 437 g/mol. The summed E-state index contributed by atoms with van der Waals surface area (Å²) in [4.78, 5) is 27.3. The van der Waals surface area contributed by atoms with E-state index in [9.17, 15) is 14.7 Å². The molecule has 1 saturated heterocycles. The zero-order valence-electron chi connectivity index (χ0n) is 18.4. The molecule has 0 radical (unpaired) electrons. The maximum Gasteiger partial charge on any atom is 0.339 e. The summed E-state index contributed by atoms with van der Waals surface area (Å²) in [5, 5.41) is 13.5. The number of anilines is 1. The number of benzene rings is 2. The highest BCUT2D eigenvalue weighted by Crippen LogP contribution is 2.28. The summed E-state index contributed by atoms with van der Waals surface area (Å²) in [5.41, 5.74) is 3.63. The second kappa shape index (κ2) is 9.54. The molecule has 1 aliphatic heterocycles. The van der Waals surface area contributed by atoms with Crippen LogP contribution in [0.2, 0.25) is 0 Å². The summed E-state index contributed by atoms with van der Waals surface area (Å²) in [6, 6.07) is 11.2. The molecule has 0 spiro atoms. The Kier molecular flexibility index (Phi) is 6.58. The van der Waals surface area contributed by atoms with Gasteiger partial charge in [0.15, 0.2) is 0 Å². The van der Waals surface area contributed by atoms with E-state index in [2.05, 4.69) is 10.2 Å². The van der Waals surface area contributed by atoms with Gasteiger partial charge in [0.1, 0.15) is 11.3 Å².